The first-order chi connectivity index (χ1) is 16.7. The maximum Gasteiger partial charge on any atom is 0.416 e. The first-order valence-electron chi connectivity index (χ1n) is 10.4. The first kappa shape index (κ1) is 23.8. The van der Waals surface area contributed by atoms with Gasteiger partial charge in [0, 0.05) is 18.7 Å². The van der Waals surface area contributed by atoms with Crippen LogP contribution in [0.15, 0.2) is 59.0 Å². The summed E-state index contributed by atoms with van der Waals surface area (Å²) in [5.74, 6) is 0.576. The summed E-state index contributed by atoms with van der Waals surface area (Å²) in [7, 11) is 1.55. The highest BCUT2D eigenvalue weighted by molar-refractivity contribution is 5.91. The monoisotopic (exact) mass is 483 g/mol. The van der Waals surface area contributed by atoms with Crippen LogP contribution in [0, 0.1) is 6.92 Å². The summed E-state index contributed by atoms with van der Waals surface area (Å²) >= 11 is 0. The highest BCUT2D eigenvalue weighted by atomic mass is 19.4. The molecule has 0 saturated heterocycles. The first-order valence-corrected chi connectivity index (χ1v) is 10.4. The SMILES string of the molecule is Cc1nnn(Cc2cc(C(F)(F)F)ccc2/C=C/C(=O)N(C)Cc2nnc(-c3ccccc3)o2)n1. The number of tetrazole rings is 1. The van der Waals surface area contributed by atoms with Crippen molar-refractivity contribution in [1.82, 2.24) is 35.3 Å². The number of hydrogen-bond acceptors (Lipinski definition) is 7. The highest BCUT2D eigenvalue weighted by Gasteiger charge is 2.31. The van der Waals surface area contributed by atoms with Gasteiger partial charge in [0.05, 0.1) is 18.7 Å². The molecule has 0 aliphatic carbocycles. The molecule has 0 N–H and O–H groups in total. The molecule has 0 bridgehead atoms. The zero-order chi connectivity index (χ0) is 25.0. The van der Waals surface area contributed by atoms with Crippen LogP contribution in [0.5, 0.6) is 0 Å². The van der Waals surface area contributed by atoms with Crippen LogP contribution in [0.3, 0.4) is 0 Å². The predicted molar refractivity (Wildman–Crippen MR) is 118 cm³/mol. The van der Waals surface area contributed by atoms with Gasteiger partial charge in [-0.25, -0.2) is 0 Å². The van der Waals surface area contributed by atoms with E-state index >= 15 is 0 Å². The molecule has 0 aliphatic rings. The van der Waals surface area contributed by atoms with Gasteiger partial charge in [0.2, 0.25) is 17.7 Å². The lowest BCUT2D eigenvalue weighted by molar-refractivity contribution is -0.137. The summed E-state index contributed by atoms with van der Waals surface area (Å²) in [6.07, 6.45) is -1.80. The molecule has 0 fully saturated rings. The minimum atomic E-state index is -4.51. The van der Waals surface area contributed by atoms with E-state index in [4.69, 9.17) is 4.42 Å². The standard InChI is InChI=1S/C23H20F3N7O2/c1-15-27-31-33(30-15)13-18-12-19(23(24,25)26)10-8-16(18)9-11-21(34)32(2)14-20-28-29-22(35-20)17-6-4-3-5-7-17/h3-12H,13-14H2,1-2H3/b11-9+. The van der Waals surface area contributed by atoms with Gasteiger partial charge in [-0.15, -0.1) is 20.4 Å². The maximum atomic E-state index is 13.2. The summed E-state index contributed by atoms with van der Waals surface area (Å²) < 4.78 is 45.3. The third-order valence-corrected chi connectivity index (χ3v) is 4.98. The second-order valence-corrected chi connectivity index (χ2v) is 7.67. The van der Waals surface area contributed by atoms with Crippen molar-refractivity contribution in [2.24, 2.45) is 0 Å². The van der Waals surface area contributed by atoms with Crippen LogP contribution in [0.1, 0.15) is 28.4 Å². The smallest absolute Gasteiger partial charge is 0.416 e. The quantitative estimate of drug-likeness (QED) is 0.369. The number of alkyl halides is 3. The van der Waals surface area contributed by atoms with Crippen LogP contribution in [0.25, 0.3) is 17.5 Å². The van der Waals surface area contributed by atoms with E-state index in [1.165, 1.54) is 27.9 Å². The van der Waals surface area contributed by atoms with Crippen LogP contribution in [-0.2, 0) is 24.1 Å². The molecule has 0 radical (unpaired) electrons. The fourth-order valence-corrected chi connectivity index (χ4v) is 3.21. The lowest BCUT2D eigenvalue weighted by atomic mass is 10.0. The van der Waals surface area contributed by atoms with Gasteiger partial charge in [0.25, 0.3) is 0 Å². The Bertz CT molecular complexity index is 1350. The van der Waals surface area contributed by atoms with Gasteiger partial charge in [0.15, 0.2) is 5.82 Å². The Morgan fingerprint density at radius 2 is 1.89 bits per heavy atom. The number of hydrogen-bond donors (Lipinski definition) is 0. The zero-order valence-electron chi connectivity index (χ0n) is 18.8. The van der Waals surface area contributed by atoms with Crippen LogP contribution in [0.2, 0.25) is 0 Å². The topological polar surface area (TPSA) is 103 Å². The number of benzene rings is 2. The van der Waals surface area contributed by atoms with Gasteiger partial charge < -0.3 is 9.32 Å². The molecule has 180 valence electrons. The second-order valence-electron chi connectivity index (χ2n) is 7.67. The predicted octanol–water partition coefficient (Wildman–Crippen LogP) is 3.77. The largest absolute Gasteiger partial charge is 0.419 e. The Morgan fingerprint density at radius 1 is 1.11 bits per heavy atom. The van der Waals surface area contributed by atoms with Crippen molar-refractivity contribution < 1.29 is 22.4 Å². The minimum Gasteiger partial charge on any atom is -0.419 e. The average molecular weight is 483 g/mol. The van der Waals surface area contributed by atoms with E-state index in [-0.39, 0.29) is 24.5 Å². The van der Waals surface area contributed by atoms with Crippen LogP contribution in [0.4, 0.5) is 13.2 Å². The van der Waals surface area contributed by atoms with Crippen molar-refractivity contribution in [3.63, 3.8) is 0 Å². The number of rotatable bonds is 7. The van der Waals surface area contributed by atoms with Crippen LogP contribution in [-0.4, -0.2) is 48.3 Å². The number of carbonyl (C=O) groups excluding carboxylic acids is 1. The van der Waals surface area contributed by atoms with E-state index in [9.17, 15) is 18.0 Å². The van der Waals surface area contributed by atoms with Gasteiger partial charge in [-0.2, -0.15) is 18.0 Å². The molecule has 12 heteroatoms. The molecule has 1 amide bonds. The molecule has 4 rings (SSSR count). The lowest BCUT2D eigenvalue weighted by Gasteiger charge is -2.13. The van der Waals surface area contributed by atoms with Gasteiger partial charge >= 0.3 is 6.18 Å². The van der Waals surface area contributed by atoms with E-state index in [2.05, 4.69) is 25.6 Å². The molecule has 2 heterocycles. The van der Waals surface area contributed by atoms with Crippen molar-refractivity contribution in [2.75, 3.05) is 7.05 Å². The third-order valence-electron chi connectivity index (χ3n) is 4.98. The number of aryl methyl sites for hydroxylation is 1. The van der Waals surface area contributed by atoms with Crippen molar-refractivity contribution in [3.05, 3.63) is 83.0 Å². The van der Waals surface area contributed by atoms with Gasteiger partial charge in [-0.05, 0) is 53.6 Å². The number of amides is 1. The number of aromatic nitrogens is 6. The molecule has 4 aromatic rings. The highest BCUT2D eigenvalue weighted by Crippen LogP contribution is 2.31. The molecular formula is C23H20F3N7O2. The average Bonchev–Trinajstić information content (AvgIpc) is 3.46. The van der Waals surface area contributed by atoms with E-state index in [0.29, 0.717) is 17.3 Å². The fourth-order valence-electron chi connectivity index (χ4n) is 3.21. The van der Waals surface area contributed by atoms with E-state index < -0.39 is 17.6 Å². The number of halogens is 3. The lowest BCUT2D eigenvalue weighted by Crippen LogP contribution is -2.24. The summed E-state index contributed by atoms with van der Waals surface area (Å²) in [6.45, 7) is 1.64. The van der Waals surface area contributed by atoms with Crippen LogP contribution >= 0.6 is 0 Å². The minimum absolute atomic E-state index is 0.0429. The second kappa shape index (κ2) is 9.87. The normalized spacial score (nSPS) is 11.8. The summed E-state index contributed by atoms with van der Waals surface area (Å²) in [5.41, 5.74) is 0.648. The molecule has 35 heavy (non-hydrogen) atoms. The Morgan fingerprint density at radius 3 is 2.57 bits per heavy atom. The molecular weight excluding hydrogens is 463 g/mol. The molecule has 0 atom stereocenters. The van der Waals surface area contributed by atoms with Gasteiger partial charge in [-0.1, -0.05) is 24.3 Å². The molecule has 0 spiro atoms. The zero-order valence-corrected chi connectivity index (χ0v) is 18.8. The van der Waals surface area contributed by atoms with Crippen molar-refractivity contribution in [3.8, 4) is 11.5 Å². The van der Waals surface area contributed by atoms with Crippen LogP contribution < -0.4 is 0 Å². The molecule has 2 aromatic heterocycles. The fraction of sp³-hybridized carbons (Fsp3) is 0.217. The molecule has 2 aromatic carbocycles. The van der Waals surface area contributed by atoms with Gasteiger partial charge in [-0.3, -0.25) is 4.79 Å². The van der Waals surface area contributed by atoms with Crippen molar-refractivity contribution in [2.45, 2.75) is 26.2 Å². The summed E-state index contributed by atoms with van der Waals surface area (Å²) in [4.78, 5) is 15.2. The number of carbonyl (C=O) groups is 1. The summed E-state index contributed by atoms with van der Waals surface area (Å²) in [5, 5.41) is 19.5. The van der Waals surface area contributed by atoms with E-state index in [1.54, 1.807) is 14.0 Å². The number of likely N-dealkylation sites (N-methyl/N-ethyl adjacent to an activating group) is 1. The number of nitrogens with zero attached hydrogens (tertiary/aromatic N) is 7. The van der Waals surface area contributed by atoms with Gasteiger partial charge in [0.1, 0.15) is 0 Å². The molecule has 9 nitrogen and oxygen atoms in total. The molecule has 0 saturated carbocycles. The third kappa shape index (κ3) is 5.96. The molecule has 0 unspecified atom stereocenters. The molecule has 0 aliphatic heterocycles. The Balaban J connectivity index is 1.49. The maximum absolute atomic E-state index is 13.2. The Hall–Kier alpha value is -4.35. The Labute approximate surface area is 197 Å². The van der Waals surface area contributed by atoms with E-state index in [1.807, 2.05) is 30.3 Å². The summed E-state index contributed by atoms with van der Waals surface area (Å²) in [6, 6.07) is 12.5. The Kier molecular flexibility index (Phi) is 6.71. The van der Waals surface area contributed by atoms with Crippen molar-refractivity contribution in [1.29, 1.82) is 0 Å². The van der Waals surface area contributed by atoms with Crippen molar-refractivity contribution >= 4 is 12.0 Å². The van der Waals surface area contributed by atoms with E-state index in [0.717, 1.165) is 17.7 Å².